The van der Waals surface area contributed by atoms with Gasteiger partial charge in [-0.2, -0.15) is 0 Å². The van der Waals surface area contributed by atoms with Crippen LogP contribution in [0.2, 0.25) is 0 Å². The zero-order valence-electron chi connectivity index (χ0n) is 17.5. The summed E-state index contributed by atoms with van der Waals surface area (Å²) in [6.07, 6.45) is 0. The number of carbonyl (C=O) groups is 1. The third kappa shape index (κ3) is 5.71. The number of aryl methyl sites for hydroxylation is 3. The lowest BCUT2D eigenvalue weighted by molar-refractivity contribution is -0.119. The first-order chi connectivity index (χ1) is 13.7. The molecule has 0 spiro atoms. The Labute approximate surface area is 172 Å². The van der Waals surface area contributed by atoms with Gasteiger partial charge in [-0.3, -0.25) is 9.10 Å². The van der Waals surface area contributed by atoms with Crippen molar-refractivity contribution >= 4 is 21.6 Å². The predicted molar refractivity (Wildman–Crippen MR) is 113 cm³/mol. The summed E-state index contributed by atoms with van der Waals surface area (Å²) in [4.78, 5) is 12.5. The van der Waals surface area contributed by atoms with Crippen molar-refractivity contribution in [3.8, 4) is 5.75 Å². The van der Waals surface area contributed by atoms with E-state index in [9.17, 15) is 13.2 Å². The normalized spacial score (nSPS) is 11.2. The maximum atomic E-state index is 13.6. The molecule has 0 radical (unpaired) electrons. The molecule has 0 bridgehead atoms. The molecule has 0 saturated heterocycles. The summed E-state index contributed by atoms with van der Waals surface area (Å²) in [7, 11) is -1.11. The third-order valence-corrected chi connectivity index (χ3v) is 6.09. The summed E-state index contributed by atoms with van der Waals surface area (Å²) < 4.78 is 38.5. The van der Waals surface area contributed by atoms with Crippen molar-refractivity contribution in [1.82, 2.24) is 5.32 Å². The molecule has 1 N–H and O–H groups in total. The summed E-state index contributed by atoms with van der Waals surface area (Å²) in [5.41, 5.74) is 3.00. The van der Waals surface area contributed by atoms with Crippen LogP contribution in [0.25, 0.3) is 0 Å². The van der Waals surface area contributed by atoms with Crippen LogP contribution in [-0.4, -0.2) is 48.2 Å². The highest BCUT2D eigenvalue weighted by Crippen LogP contribution is 2.31. The van der Waals surface area contributed by atoms with Crippen LogP contribution in [0.4, 0.5) is 5.69 Å². The Morgan fingerprint density at radius 3 is 2.24 bits per heavy atom. The molecule has 158 valence electrons. The summed E-state index contributed by atoms with van der Waals surface area (Å²) in [6.45, 7) is 5.85. The van der Waals surface area contributed by atoms with E-state index >= 15 is 0 Å². The van der Waals surface area contributed by atoms with Crippen LogP contribution in [0, 0.1) is 20.8 Å². The molecule has 29 heavy (non-hydrogen) atoms. The molecule has 0 aliphatic carbocycles. The number of methoxy groups -OCH3 is 2. The van der Waals surface area contributed by atoms with Crippen LogP contribution in [0.3, 0.4) is 0 Å². The Balaban J connectivity index is 2.54. The number of hydrogen-bond donors (Lipinski definition) is 1. The molecule has 0 aliphatic rings. The molecule has 0 unspecified atom stereocenters. The highest BCUT2D eigenvalue weighted by molar-refractivity contribution is 7.93. The molecule has 0 saturated carbocycles. The lowest BCUT2D eigenvalue weighted by Crippen LogP contribution is -2.41. The van der Waals surface area contributed by atoms with Crippen molar-refractivity contribution in [2.75, 3.05) is 38.2 Å². The lowest BCUT2D eigenvalue weighted by Gasteiger charge is -2.26. The van der Waals surface area contributed by atoms with E-state index in [1.165, 1.54) is 14.2 Å². The molecule has 2 aromatic rings. The number of sulfonamides is 1. The number of amides is 1. The van der Waals surface area contributed by atoms with E-state index in [2.05, 4.69) is 5.32 Å². The minimum atomic E-state index is -4.06. The first kappa shape index (κ1) is 22.7. The van der Waals surface area contributed by atoms with Gasteiger partial charge in [0, 0.05) is 13.7 Å². The van der Waals surface area contributed by atoms with Crippen molar-refractivity contribution in [3.05, 3.63) is 53.1 Å². The molecule has 1 amide bonds. The molecule has 0 aromatic heterocycles. The van der Waals surface area contributed by atoms with Crippen LogP contribution < -0.4 is 14.4 Å². The molecule has 7 nitrogen and oxygen atoms in total. The van der Waals surface area contributed by atoms with Gasteiger partial charge in [-0.05, 0) is 61.7 Å². The van der Waals surface area contributed by atoms with E-state index < -0.39 is 15.9 Å². The van der Waals surface area contributed by atoms with Gasteiger partial charge in [-0.15, -0.1) is 0 Å². The van der Waals surface area contributed by atoms with Crippen LogP contribution in [0.5, 0.6) is 5.75 Å². The van der Waals surface area contributed by atoms with Gasteiger partial charge < -0.3 is 14.8 Å². The monoisotopic (exact) mass is 420 g/mol. The zero-order chi connectivity index (χ0) is 21.6. The number of nitrogens with one attached hydrogen (secondary N) is 1. The molecule has 2 rings (SSSR count). The van der Waals surface area contributed by atoms with Gasteiger partial charge in [0.2, 0.25) is 5.91 Å². The van der Waals surface area contributed by atoms with Crippen LogP contribution in [-0.2, 0) is 19.6 Å². The van der Waals surface area contributed by atoms with Crippen molar-refractivity contribution < 1.29 is 22.7 Å². The first-order valence-corrected chi connectivity index (χ1v) is 10.6. The molecular formula is C21H28N2O5S. The minimum Gasteiger partial charge on any atom is -0.495 e. The highest BCUT2D eigenvalue weighted by Gasteiger charge is 2.30. The average Bonchev–Trinajstić information content (AvgIpc) is 2.65. The Morgan fingerprint density at radius 2 is 1.66 bits per heavy atom. The smallest absolute Gasteiger partial charge is 0.268 e. The van der Waals surface area contributed by atoms with Crippen molar-refractivity contribution in [3.63, 3.8) is 0 Å². The molecule has 0 heterocycles. The first-order valence-electron chi connectivity index (χ1n) is 9.20. The van der Waals surface area contributed by atoms with Crippen LogP contribution in [0.1, 0.15) is 16.7 Å². The van der Waals surface area contributed by atoms with Gasteiger partial charge >= 0.3 is 0 Å². The summed E-state index contributed by atoms with van der Waals surface area (Å²) in [6, 6.07) is 10.4. The van der Waals surface area contributed by atoms with Crippen LogP contribution in [0.15, 0.2) is 41.3 Å². The number of carbonyl (C=O) groups excluding carboxylic acids is 1. The number of ether oxygens (including phenoxy) is 2. The predicted octanol–water partition coefficient (Wildman–Crippen LogP) is 2.58. The quantitative estimate of drug-likeness (QED) is 0.631. The average molecular weight is 421 g/mol. The number of nitrogens with zero attached hydrogens (tertiary/aromatic N) is 1. The molecule has 0 fully saturated rings. The van der Waals surface area contributed by atoms with Gasteiger partial charge in [-0.25, -0.2) is 8.42 Å². The fourth-order valence-corrected chi connectivity index (χ4v) is 4.64. The molecule has 0 aliphatic heterocycles. The summed E-state index contributed by atoms with van der Waals surface area (Å²) in [5, 5.41) is 2.68. The zero-order valence-corrected chi connectivity index (χ0v) is 18.3. The second-order valence-corrected chi connectivity index (χ2v) is 8.69. The van der Waals surface area contributed by atoms with Gasteiger partial charge in [0.15, 0.2) is 0 Å². The van der Waals surface area contributed by atoms with Crippen molar-refractivity contribution in [2.45, 2.75) is 25.7 Å². The Hall–Kier alpha value is -2.58. The Kier molecular flexibility index (Phi) is 7.64. The standard InChI is InChI=1S/C21H28N2O5S/c1-15-6-7-19(28-5)20(13-15)29(25,26)23(14-21(24)22-8-9-27-4)18-11-16(2)10-17(3)12-18/h6-7,10-13H,8-9,14H2,1-5H3,(H,22,24). The van der Waals surface area contributed by atoms with E-state index in [0.717, 1.165) is 21.0 Å². The molecule has 2 aromatic carbocycles. The summed E-state index contributed by atoms with van der Waals surface area (Å²) in [5.74, 6) is -0.193. The SMILES string of the molecule is COCCNC(=O)CN(c1cc(C)cc(C)c1)S(=O)(=O)c1cc(C)ccc1OC. The Morgan fingerprint density at radius 1 is 1.00 bits per heavy atom. The maximum Gasteiger partial charge on any atom is 0.268 e. The second kappa shape index (κ2) is 9.76. The maximum absolute atomic E-state index is 13.6. The van der Waals surface area contributed by atoms with Crippen LogP contribution >= 0.6 is 0 Å². The summed E-state index contributed by atoms with van der Waals surface area (Å²) >= 11 is 0. The lowest BCUT2D eigenvalue weighted by atomic mass is 10.1. The topological polar surface area (TPSA) is 84.9 Å². The van der Waals surface area contributed by atoms with E-state index in [4.69, 9.17) is 9.47 Å². The van der Waals surface area contributed by atoms with Gasteiger partial charge in [0.1, 0.15) is 17.2 Å². The number of anilines is 1. The van der Waals surface area contributed by atoms with E-state index in [1.807, 2.05) is 19.9 Å². The van der Waals surface area contributed by atoms with E-state index in [-0.39, 0.29) is 17.2 Å². The van der Waals surface area contributed by atoms with Gasteiger partial charge in [0.05, 0.1) is 19.4 Å². The van der Waals surface area contributed by atoms with Gasteiger partial charge in [-0.1, -0.05) is 12.1 Å². The number of rotatable bonds is 9. The number of benzene rings is 2. The van der Waals surface area contributed by atoms with Crippen molar-refractivity contribution in [2.24, 2.45) is 0 Å². The van der Waals surface area contributed by atoms with E-state index in [0.29, 0.717) is 18.8 Å². The van der Waals surface area contributed by atoms with E-state index in [1.54, 1.807) is 37.3 Å². The third-order valence-electron chi connectivity index (χ3n) is 4.30. The molecular weight excluding hydrogens is 392 g/mol. The second-order valence-electron chi connectivity index (χ2n) is 6.85. The number of hydrogen-bond acceptors (Lipinski definition) is 5. The largest absolute Gasteiger partial charge is 0.495 e. The fourth-order valence-electron chi connectivity index (χ4n) is 2.99. The molecule has 0 atom stereocenters. The highest BCUT2D eigenvalue weighted by atomic mass is 32.2. The van der Waals surface area contributed by atoms with Gasteiger partial charge in [0.25, 0.3) is 10.0 Å². The minimum absolute atomic E-state index is 0.0175. The van der Waals surface area contributed by atoms with Crippen molar-refractivity contribution in [1.29, 1.82) is 0 Å². The Bertz CT molecular complexity index is 953. The fraction of sp³-hybridized carbons (Fsp3) is 0.381. The molecule has 8 heteroatoms.